The molecule has 1 unspecified atom stereocenters. The van der Waals surface area contributed by atoms with Crippen LogP contribution in [0.3, 0.4) is 0 Å². The van der Waals surface area contributed by atoms with E-state index in [4.69, 9.17) is 14.1 Å². The summed E-state index contributed by atoms with van der Waals surface area (Å²) in [7, 11) is -2.33. The van der Waals surface area contributed by atoms with Crippen molar-refractivity contribution in [1.29, 1.82) is 0 Å². The Bertz CT molecular complexity index is 2110. The molecule has 6 rings (SSSR count). The molecule has 1 aliphatic heterocycles. The second-order valence-corrected chi connectivity index (χ2v) is 13.4. The molecule has 0 bridgehead atoms. The van der Waals surface area contributed by atoms with Crippen molar-refractivity contribution in [2.24, 2.45) is 0 Å². The zero-order chi connectivity index (χ0) is 32.9. The highest BCUT2D eigenvalue weighted by Crippen LogP contribution is 2.42. The number of ether oxygens (including phenoxy) is 1. The number of aryl methyl sites for hydroxylation is 1. The molecule has 46 heavy (non-hydrogen) atoms. The number of pyridine rings is 1. The Morgan fingerprint density at radius 3 is 2.41 bits per heavy atom. The first-order chi connectivity index (χ1) is 21.9. The molecule has 9 nitrogen and oxygen atoms in total. The zero-order valence-electron chi connectivity index (χ0n) is 26.0. The number of aromatic nitrogens is 1. The van der Waals surface area contributed by atoms with Crippen molar-refractivity contribution in [1.82, 2.24) is 9.88 Å². The smallest absolute Gasteiger partial charge is 0.279 e. The van der Waals surface area contributed by atoms with E-state index in [9.17, 15) is 22.4 Å². The van der Waals surface area contributed by atoms with Gasteiger partial charge in [-0.1, -0.05) is 48.9 Å². The molecule has 0 aliphatic carbocycles. The number of hydrogen-bond acceptors (Lipinski definition) is 7. The van der Waals surface area contributed by atoms with Crippen LogP contribution in [-0.4, -0.2) is 50.0 Å². The summed E-state index contributed by atoms with van der Waals surface area (Å²) in [5.74, 6) is -0.252. The third-order valence-electron chi connectivity index (χ3n) is 8.33. The fourth-order valence-corrected chi connectivity index (χ4v) is 6.06. The number of hydrogen-bond donors (Lipinski definition) is 0. The number of Topliss-reactive ketones (excluding diaryl/α,β-unsaturated/α-hetero) is 1. The molecule has 1 amide bonds. The number of nitrogens with zero attached hydrogens (tertiary/aromatic N) is 3. The van der Waals surface area contributed by atoms with Crippen LogP contribution in [0.25, 0.3) is 33.6 Å². The highest BCUT2D eigenvalue weighted by atomic mass is 32.2. The van der Waals surface area contributed by atoms with Gasteiger partial charge in [-0.3, -0.25) is 18.8 Å². The van der Waals surface area contributed by atoms with Gasteiger partial charge in [-0.05, 0) is 49.7 Å². The van der Waals surface area contributed by atoms with E-state index in [0.29, 0.717) is 39.1 Å². The Kier molecular flexibility index (Phi) is 7.89. The van der Waals surface area contributed by atoms with E-state index in [0.717, 1.165) is 21.7 Å². The molecule has 0 saturated carbocycles. The Balaban J connectivity index is 1.52. The minimum Gasteiger partial charge on any atom is -0.471 e. The Labute approximate surface area is 266 Å². The quantitative estimate of drug-likeness (QED) is 0.166. The molecule has 0 fully saturated rings. The Hall–Kier alpha value is -5.03. The highest BCUT2D eigenvalue weighted by Gasteiger charge is 2.33. The van der Waals surface area contributed by atoms with Gasteiger partial charge in [-0.2, -0.15) is 0 Å². The SMILES string of the molecule is CCC(=O)c1c(-c2ccc(C)cc2)oc2cc(N(C)S(C)(=O)=O)c(-c3ccc4c(n3)C(=O)N(C(C)c3ccc(F)cc3)CO4)cc12. The molecule has 0 spiro atoms. The van der Waals surface area contributed by atoms with Crippen LogP contribution in [0.5, 0.6) is 5.75 Å². The molecule has 1 atom stereocenters. The summed E-state index contributed by atoms with van der Waals surface area (Å²) in [6.07, 6.45) is 1.30. The van der Waals surface area contributed by atoms with E-state index < -0.39 is 22.0 Å². The number of anilines is 1. The average molecular weight is 642 g/mol. The summed E-state index contributed by atoms with van der Waals surface area (Å²) in [6, 6.07) is 19.6. The van der Waals surface area contributed by atoms with Gasteiger partial charge >= 0.3 is 0 Å². The van der Waals surface area contributed by atoms with Crippen LogP contribution in [0, 0.1) is 12.7 Å². The zero-order valence-corrected chi connectivity index (χ0v) is 26.8. The molecule has 1 aliphatic rings. The third kappa shape index (κ3) is 5.51. The molecule has 2 aromatic heterocycles. The van der Waals surface area contributed by atoms with Crippen molar-refractivity contribution >= 4 is 38.4 Å². The highest BCUT2D eigenvalue weighted by molar-refractivity contribution is 7.92. The van der Waals surface area contributed by atoms with Gasteiger partial charge in [0.2, 0.25) is 10.0 Å². The number of amides is 1. The maximum atomic E-state index is 13.8. The van der Waals surface area contributed by atoms with Crippen LogP contribution >= 0.6 is 0 Å². The van der Waals surface area contributed by atoms with Crippen LogP contribution in [0.4, 0.5) is 10.1 Å². The number of sulfonamides is 1. The van der Waals surface area contributed by atoms with Crippen molar-refractivity contribution in [3.8, 4) is 28.3 Å². The molecule has 236 valence electrons. The van der Waals surface area contributed by atoms with Gasteiger partial charge in [0.25, 0.3) is 5.91 Å². The number of halogens is 1. The third-order valence-corrected chi connectivity index (χ3v) is 9.53. The average Bonchev–Trinajstić information content (AvgIpc) is 3.42. The molecule has 0 N–H and O–H groups in total. The van der Waals surface area contributed by atoms with Crippen molar-refractivity contribution < 1.29 is 31.6 Å². The van der Waals surface area contributed by atoms with Gasteiger partial charge in [0, 0.05) is 36.0 Å². The first kappa shape index (κ1) is 31.0. The van der Waals surface area contributed by atoms with Gasteiger partial charge in [0.05, 0.1) is 29.2 Å². The fraction of sp³-hybridized carbons (Fsp3) is 0.229. The number of carbonyl (C=O) groups is 2. The predicted octanol–water partition coefficient (Wildman–Crippen LogP) is 7.15. The molecular weight excluding hydrogens is 609 g/mol. The van der Waals surface area contributed by atoms with Gasteiger partial charge < -0.3 is 9.15 Å². The van der Waals surface area contributed by atoms with Gasteiger partial charge in [-0.15, -0.1) is 0 Å². The van der Waals surface area contributed by atoms with Crippen molar-refractivity contribution in [2.45, 2.75) is 33.2 Å². The number of benzene rings is 3. The van der Waals surface area contributed by atoms with E-state index in [1.54, 1.807) is 43.3 Å². The number of rotatable bonds is 8. The summed E-state index contributed by atoms with van der Waals surface area (Å²) in [4.78, 5) is 33.3. The Morgan fingerprint density at radius 1 is 1.07 bits per heavy atom. The lowest BCUT2D eigenvalue weighted by Crippen LogP contribution is -2.41. The minimum absolute atomic E-state index is 0.0290. The van der Waals surface area contributed by atoms with Crippen LogP contribution < -0.4 is 9.04 Å². The first-order valence-corrected chi connectivity index (χ1v) is 16.6. The van der Waals surface area contributed by atoms with E-state index in [1.165, 1.54) is 24.1 Å². The maximum absolute atomic E-state index is 13.8. The molecule has 0 radical (unpaired) electrons. The molecular formula is C35H32FN3O6S. The summed E-state index contributed by atoms with van der Waals surface area (Å²) >= 11 is 0. The summed E-state index contributed by atoms with van der Waals surface area (Å²) in [6.45, 7) is 5.51. The van der Waals surface area contributed by atoms with Crippen LogP contribution in [0.2, 0.25) is 0 Å². The minimum atomic E-state index is -3.75. The molecule has 3 aromatic carbocycles. The molecule has 3 heterocycles. The van der Waals surface area contributed by atoms with E-state index in [-0.39, 0.29) is 41.9 Å². The predicted molar refractivity (Wildman–Crippen MR) is 174 cm³/mol. The normalized spacial score (nSPS) is 13.8. The number of carbonyl (C=O) groups excluding carboxylic acids is 2. The Morgan fingerprint density at radius 2 is 1.76 bits per heavy atom. The second kappa shape index (κ2) is 11.7. The van der Waals surface area contributed by atoms with Gasteiger partial charge in [0.1, 0.15) is 17.2 Å². The van der Waals surface area contributed by atoms with Crippen LogP contribution in [0.1, 0.15) is 58.3 Å². The topological polar surface area (TPSA) is 110 Å². The molecule has 5 aromatic rings. The number of fused-ring (bicyclic) bond motifs is 2. The van der Waals surface area contributed by atoms with Crippen LogP contribution in [0.15, 0.2) is 77.2 Å². The van der Waals surface area contributed by atoms with Crippen molar-refractivity contribution in [3.63, 3.8) is 0 Å². The monoisotopic (exact) mass is 641 g/mol. The largest absolute Gasteiger partial charge is 0.471 e. The molecule has 11 heteroatoms. The lowest BCUT2D eigenvalue weighted by Gasteiger charge is -2.33. The second-order valence-electron chi connectivity index (χ2n) is 11.4. The fourth-order valence-electron chi connectivity index (χ4n) is 5.55. The summed E-state index contributed by atoms with van der Waals surface area (Å²) < 4.78 is 52.4. The maximum Gasteiger partial charge on any atom is 0.279 e. The summed E-state index contributed by atoms with van der Waals surface area (Å²) in [5.41, 5.74) is 4.16. The lowest BCUT2D eigenvalue weighted by atomic mass is 9.97. The van der Waals surface area contributed by atoms with Gasteiger partial charge in [-0.25, -0.2) is 17.8 Å². The lowest BCUT2D eigenvalue weighted by molar-refractivity contribution is 0.0394. The van der Waals surface area contributed by atoms with Crippen LogP contribution in [-0.2, 0) is 10.0 Å². The van der Waals surface area contributed by atoms with E-state index >= 15 is 0 Å². The van der Waals surface area contributed by atoms with Gasteiger partial charge in [0.15, 0.2) is 24.0 Å². The standard InChI is InChI=1S/C35H32FN3O6S/c1-6-29(40)32-26-17-25(28(38(4)46(5,42)43)18-31(26)45-34(32)23-9-7-20(2)8-10-23)27-15-16-30-33(37-27)35(41)39(19-44-30)21(3)22-11-13-24(36)14-12-22/h7-18,21H,6,19H2,1-5H3. The number of ketones is 1. The van der Waals surface area contributed by atoms with Crippen molar-refractivity contribution in [3.05, 3.63) is 101 Å². The van der Waals surface area contributed by atoms with E-state index in [1.807, 2.05) is 38.1 Å². The summed E-state index contributed by atoms with van der Waals surface area (Å²) in [5, 5.41) is 0.497. The van der Waals surface area contributed by atoms with E-state index in [2.05, 4.69) is 0 Å². The molecule has 0 saturated heterocycles. The number of furan rings is 1. The van der Waals surface area contributed by atoms with Crippen molar-refractivity contribution in [2.75, 3.05) is 24.3 Å². The first-order valence-electron chi connectivity index (χ1n) is 14.7.